The van der Waals surface area contributed by atoms with Crippen molar-refractivity contribution in [2.45, 2.75) is 39.0 Å². The molecule has 0 amide bonds. The van der Waals surface area contributed by atoms with Gasteiger partial charge in [0, 0.05) is 6.42 Å². The monoisotopic (exact) mass is 240 g/mol. The van der Waals surface area contributed by atoms with Gasteiger partial charge in [-0.3, -0.25) is 9.59 Å². The minimum Gasteiger partial charge on any atom is -0.480 e. The summed E-state index contributed by atoms with van der Waals surface area (Å²) in [4.78, 5) is 23.6. The lowest BCUT2D eigenvalue weighted by Gasteiger charge is -2.41. The molecule has 1 saturated carbocycles. The van der Waals surface area contributed by atoms with Gasteiger partial charge in [-0.2, -0.15) is 0 Å². The van der Waals surface area contributed by atoms with Gasteiger partial charge in [-0.25, -0.2) is 0 Å². The Bertz CT molecular complexity index is 317. The zero-order chi connectivity index (χ0) is 12.5. The predicted molar refractivity (Wildman–Crippen MR) is 61.6 cm³/mol. The molecule has 2 aliphatic rings. The highest BCUT2D eigenvalue weighted by molar-refractivity contribution is 6.04. The Hall–Kier alpha value is -0.900. The van der Waals surface area contributed by atoms with Gasteiger partial charge in [0.2, 0.25) is 0 Å². The maximum atomic E-state index is 12.1. The fourth-order valence-electron chi connectivity index (χ4n) is 3.16. The van der Waals surface area contributed by atoms with Gasteiger partial charge in [-0.15, -0.1) is 0 Å². The first-order valence-electron chi connectivity index (χ1n) is 6.42. The number of ketones is 1. The highest BCUT2D eigenvalue weighted by Gasteiger charge is 2.53. The molecule has 0 bridgehead atoms. The number of Topliss-reactive ketones (excluding diaryl/α,β-unsaturated/α-hetero) is 1. The maximum Gasteiger partial charge on any atom is 0.319 e. The second-order valence-corrected chi connectivity index (χ2v) is 5.46. The second-order valence-electron chi connectivity index (χ2n) is 5.46. The van der Waals surface area contributed by atoms with Gasteiger partial charge in [0.05, 0.1) is 13.2 Å². The quantitative estimate of drug-likeness (QED) is 0.748. The van der Waals surface area contributed by atoms with Gasteiger partial charge in [0.15, 0.2) is 11.2 Å². The van der Waals surface area contributed by atoms with Crippen molar-refractivity contribution >= 4 is 11.8 Å². The molecule has 4 nitrogen and oxygen atoms in total. The van der Waals surface area contributed by atoms with Crippen molar-refractivity contribution in [1.29, 1.82) is 0 Å². The molecule has 1 aliphatic heterocycles. The Morgan fingerprint density at radius 2 is 2.00 bits per heavy atom. The van der Waals surface area contributed by atoms with E-state index in [1.807, 2.05) is 0 Å². The average molecular weight is 240 g/mol. The molecule has 0 aromatic heterocycles. The Labute approximate surface area is 101 Å². The molecule has 4 heteroatoms. The zero-order valence-electron chi connectivity index (χ0n) is 10.3. The van der Waals surface area contributed by atoms with Crippen LogP contribution in [0.4, 0.5) is 0 Å². The maximum absolute atomic E-state index is 12.1. The van der Waals surface area contributed by atoms with Crippen LogP contribution < -0.4 is 0 Å². The van der Waals surface area contributed by atoms with E-state index >= 15 is 0 Å². The van der Waals surface area contributed by atoms with E-state index < -0.39 is 11.4 Å². The molecule has 1 saturated heterocycles. The summed E-state index contributed by atoms with van der Waals surface area (Å²) in [7, 11) is 0. The van der Waals surface area contributed by atoms with Gasteiger partial charge < -0.3 is 9.84 Å². The zero-order valence-corrected chi connectivity index (χ0v) is 10.3. The minimum absolute atomic E-state index is 0.0380. The van der Waals surface area contributed by atoms with Crippen LogP contribution in [0.5, 0.6) is 0 Å². The average Bonchev–Trinajstić information content (AvgIpc) is 2.31. The normalized spacial score (nSPS) is 39.0. The van der Waals surface area contributed by atoms with Gasteiger partial charge in [-0.1, -0.05) is 19.8 Å². The van der Waals surface area contributed by atoms with Crippen molar-refractivity contribution in [3.05, 3.63) is 0 Å². The van der Waals surface area contributed by atoms with Crippen molar-refractivity contribution in [3.8, 4) is 0 Å². The number of aliphatic carboxylic acids is 1. The van der Waals surface area contributed by atoms with Gasteiger partial charge in [0.1, 0.15) is 0 Å². The summed E-state index contributed by atoms with van der Waals surface area (Å²) < 4.78 is 5.30. The Morgan fingerprint density at radius 1 is 1.35 bits per heavy atom. The van der Waals surface area contributed by atoms with Crippen LogP contribution in [0.2, 0.25) is 0 Å². The lowest BCUT2D eigenvalue weighted by atomic mass is 9.64. The smallest absolute Gasteiger partial charge is 0.319 e. The second kappa shape index (κ2) is 4.77. The number of carboxylic acids is 1. The van der Waals surface area contributed by atoms with Crippen LogP contribution in [-0.4, -0.2) is 30.1 Å². The van der Waals surface area contributed by atoms with Crippen LogP contribution in [0.3, 0.4) is 0 Å². The molecule has 1 heterocycles. The van der Waals surface area contributed by atoms with Crippen molar-refractivity contribution in [2.24, 2.45) is 17.3 Å². The number of hydrogen-bond acceptors (Lipinski definition) is 3. The Kier molecular flexibility index (Phi) is 3.52. The largest absolute Gasteiger partial charge is 0.480 e. The molecule has 1 aliphatic carbocycles. The minimum atomic E-state index is -1.25. The van der Waals surface area contributed by atoms with Crippen molar-refractivity contribution in [3.63, 3.8) is 0 Å². The summed E-state index contributed by atoms with van der Waals surface area (Å²) in [6, 6.07) is 0. The van der Waals surface area contributed by atoms with Gasteiger partial charge in [0.25, 0.3) is 0 Å². The highest BCUT2D eigenvalue weighted by atomic mass is 16.5. The molecule has 96 valence electrons. The third-order valence-corrected chi connectivity index (χ3v) is 4.40. The standard InChI is InChI=1S/C13H20O4/c1-9-2-4-10(5-3-9)13(12(15)16)8-17-7-6-11(13)14/h9-10H,2-8H2,1H3,(H,15,16). The molecule has 0 radical (unpaired) electrons. The molecule has 2 fully saturated rings. The van der Waals surface area contributed by atoms with E-state index in [-0.39, 0.29) is 24.7 Å². The summed E-state index contributed by atoms with van der Waals surface area (Å²) in [5.41, 5.74) is -1.25. The lowest BCUT2D eigenvalue weighted by molar-refractivity contribution is -0.171. The van der Waals surface area contributed by atoms with Crippen molar-refractivity contribution in [1.82, 2.24) is 0 Å². The molecule has 1 unspecified atom stereocenters. The van der Waals surface area contributed by atoms with E-state index in [0.29, 0.717) is 12.5 Å². The number of carboxylic acid groups (broad SMARTS) is 1. The van der Waals surface area contributed by atoms with Gasteiger partial charge >= 0.3 is 5.97 Å². The molecule has 17 heavy (non-hydrogen) atoms. The van der Waals surface area contributed by atoms with Crippen LogP contribution in [0.25, 0.3) is 0 Å². The van der Waals surface area contributed by atoms with Crippen molar-refractivity contribution < 1.29 is 19.4 Å². The Morgan fingerprint density at radius 3 is 2.53 bits per heavy atom. The highest BCUT2D eigenvalue weighted by Crippen LogP contribution is 2.43. The SMILES string of the molecule is CC1CCC(C2(C(=O)O)COCCC2=O)CC1. The van der Waals surface area contributed by atoms with E-state index in [1.165, 1.54) is 0 Å². The molecule has 1 atom stereocenters. The fraction of sp³-hybridized carbons (Fsp3) is 0.846. The summed E-state index contributed by atoms with van der Waals surface area (Å²) >= 11 is 0. The lowest BCUT2D eigenvalue weighted by Crippen LogP contribution is -2.53. The van der Waals surface area contributed by atoms with Crippen molar-refractivity contribution in [2.75, 3.05) is 13.2 Å². The first kappa shape index (κ1) is 12.6. The van der Waals surface area contributed by atoms with E-state index in [1.54, 1.807) is 0 Å². The summed E-state index contributed by atoms with van der Waals surface area (Å²) in [6.45, 7) is 2.63. The molecular weight excluding hydrogens is 220 g/mol. The molecule has 0 aromatic rings. The van der Waals surface area contributed by atoms with E-state index in [0.717, 1.165) is 25.7 Å². The van der Waals surface area contributed by atoms with E-state index in [9.17, 15) is 14.7 Å². The summed E-state index contributed by atoms with van der Waals surface area (Å²) in [5.74, 6) is -0.502. The number of hydrogen-bond donors (Lipinski definition) is 1. The number of carbonyl (C=O) groups excluding carboxylic acids is 1. The third-order valence-electron chi connectivity index (χ3n) is 4.40. The van der Waals surface area contributed by atoms with Gasteiger partial charge in [-0.05, 0) is 24.7 Å². The first-order chi connectivity index (χ1) is 8.07. The molecule has 2 rings (SSSR count). The van der Waals surface area contributed by atoms with Crippen LogP contribution >= 0.6 is 0 Å². The Balaban J connectivity index is 2.21. The van der Waals surface area contributed by atoms with Crippen LogP contribution in [0.1, 0.15) is 39.0 Å². The molecule has 0 aromatic carbocycles. The first-order valence-corrected chi connectivity index (χ1v) is 6.42. The van der Waals surface area contributed by atoms with Crippen LogP contribution in [-0.2, 0) is 14.3 Å². The molecule has 1 N–H and O–H groups in total. The summed E-state index contributed by atoms with van der Waals surface area (Å²) in [5, 5.41) is 9.48. The number of rotatable bonds is 2. The van der Waals surface area contributed by atoms with E-state index in [2.05, 4.69) is 6.92 Å². The van der Waals surface area contributed by atoms with E-state index in [4.69, 9.17) is 4.74 Å². The third kappa shape index (κ3) is 2.10. The molecule has 0 spiro atoms. The predicted octanol–water partition coefficient (Wildman–Crippen LogP) is 1.87. The number of ether oxygens (including phenoxy) is 1. The number of carbonyl (C=O) groups is 2. The molecular formula is C13H20O4. The van der Waals surface area contributed by atoms with Crippen LogP contribution in [0.15, 0.2) is 0 Å². The summed E-state index contributed by atoms with van der Waals surface area (Å²) in [6.07, 6.45) is 3.96. The van der Waals surface area contributed by atoms with Crippen LogP contribution in [0, 0.1) is 17.3 Å². The topological polar surface area (TPSA) is 63.6 Å². The fourth-order valence-corrected chi connectivity index (χ4v) is 3.16.